The molecule has 0 radical (unpaired) electrons. The van der Waals surface area contributed by atoms with Crippen molar-refractivity contribution >= 4 is 5.91 Å². The third kappa shape index (κ3) is 2.21. The molecule has 0 saturated carbocycles. The molecule has 1 unspecified atom stereocenters. The third-order valence-corrected chi connectivity index (χ3v) is 2.28. The quantitative estimate of drug-likeness (QED) is 0.681. The second-order valence-corrected chi connectivity index (χ2v) is 3.34. The number of hydrogen-bond donors (Lipinski definition) is 1. The van der Waals surface area contributed by atoms with Crippen molar-refractivity contribution < 1.29 is 9.90 Å². The van der Waals surface area contributed by atoms with Gasteiger partial charge in [0.05, 0.1) is 0 Å². The van der Waals surface area contributed by atoms with Gasteiger partial charge in [-0.1, -0.05) is 13.3 Å². The minimum atomic E-state index is -0.726. The van der Waals surface area contributed by atoms with E-state index in [0.717, 1.165) is 32.4 Å². The molecule has 3 nitrogen and oxygen atoms in total. The van der Waals surface area contributed by atoms with E-state index < -0.39 is 6.10 Å². The zero-order valence-corrected chi connectivity index (χ0v) is 7.62. The van der Waals surface area contributed by atoms with E-state index in [1.54, 1.807) is 4.90 Å². The Morgan fingerprint density at radius 2 is 2.42 bits per heavy atom. The molecule has 12 heavy (non-hydrogen) atoms. The standard InChI is InChI=1S/C9H17NO2/c1-2-3-6-10-7-4-5-8(11)9(10)12/h8,11H,2-7H2,1H3. The number of aliphatic hydroxyl groups excluding tert-OH is 1. The predicted octanol–water partition coefficient (Wildman–Crippen LogP) is 0.770. The molecule has 1 saturated heterocycles. The second-order valence-electron chi connectivity index (χ2n) is 3.34. The average Bonchev–Trinajstić information content (AvgIpc) is 2.08. The van der Waals surface area contributed by atoms with Crippen LogP contribution in [0.3, 0.4) is 0 Å². The van der Waals surface area contributed by atoms with E-state index in [2.05, 4.69) is 6.92 Å². The molecule has 1 aliphatic heterocycles. The van der Waals surface area contributed by atoms with Crippen molar-refractivity contribution in [3.8, 4) is 0 Å². The highest BCUT2D eigenvalue weighted by molar-refractivity contribution is 5.81. The summed E-state index contributed by atoms with van der Waals surface area (Å²) in [5.74, 6) is -0.0744. The molecule has 0 aromatic rings. The van der Waals surface area contributed by atoms with Gasteiger partial charge < -0.3 is 10.0 Å². The SMILES string of the molecule is CCCCN1CCCC(O)C1=O. The van der Waals surface area contributed by atoms with Crippen molar-refractivity contribution in [1.29, 1.82) is 0 Å². The average molecular weight is 171 g/mol. The molecule has 70 valence electrons. The lowest BCUT2D eigenvalue weighted by Crippen LogP contribution is -2.44. The van der Waals surface area contributed by atoms with Gasteiger partial charge in [0.1, 0.15) is 6.10 Å². The summed E-state index contributed by atoms with van der Waals surface area (Å²) in [4.78, 5) is 13.1. The second kappa shape index (κ2) is 4.45. The fraction of sp³-hybridized carbons (Fsp3) is 0.889. The Hall–Kier alpha value is -0.570. The first kappa shape index (κ1) is 9.52. The van der Waals surface area contributed by atoms with E-state index in [0.29, 0.717) is 6.42 Å². The lowest BCUT2D eigenvalue weighted by Gasteiger charge is -2.29. The topological polar surface area (TPSA) is 40.5 Å². The van der Waals surface area contributed by atoms with E-state index >= 15 is 0 Å². The summed E-state index contributed by atoms with van der Waals surface area (Å²) in [6.45, 7) is 3.74. The number of carbonyl (C=O) groups is 1. The number of carbonyl (C=O) groups excluding carboxylic acids is 1. The van der Waals surface area contributed by atoms with Crippen LogP contribution >= 0.6 is 0 Å². The maximum absolute atomic E-state index is 11.3. The van der Waals surface area contributed by atoms with Gasteiger partial charge in [-0.3, -0.25) is 4.79 Å². The van der Waals surface area contributed by atoms with Gasteiger partial charge in [0.25, 0.3) is 5.91 Å². The van der Waals surface area contributed by atoms with Gasteiger partial charge in [0, 0.05) is 13.1 Å². The van der Waals surface area contributed by atoms with Gasteiger partial charge in [0.2, 0.25) is 0 Å². The molecule has 1 N–H and O–H groups in total. The molecule has 1 atom stereocenters. The molecular formula is C9H17NO2. The van der Waals surface area contributed by atoms with E-state index in [-0.39, 0.29) is 5.91 Å². The fourth-order valence-electron chi connectivity index (χ4n) is 1.49. The van der Waals surface area contributed by atoms with Crippen LogP contribution in [0.15, 0.2) is 0 Å². The minimum absolute atomic E-state index is 0.0744. The van der Waals surface area contributed by atoms with E-state index in [1.165, 1.54) is 0 Å². The first-order valence-electron chi connectivity index (χ1n) is 4.72. The normalized spacial score (nSPS) is 24.7. The van der Waals surface area contributed by atoms with E-state index in [1.807, 2.05) is 0 Å². The van der Waals surface area contributed by atoms with Crippen LogP contribution in [-0.4, -0.2) is 35.1 Å². The van der Waals surface area contributed by atoms with Crippen LogP contribution in [0.4, 0.5) is 0 Å². The molecule has 1 fully saturated rings. The highest BCUT2D eigenvalue weighted by atomic mass is 16.3. The summed E-state index contributed by atoms with van der Waals surface area (Å²) in [6, 6.07) is 0. The molecule has 1 aliphatic rings. The summed E-state index contributed by atoms with van der Waals surface area (Å²) < 4.78 is 0. The molecular weight excluding hydrogens is 154 g/mol. The van der Waals surface area contributed by atoms with Crippen LogP contribution in [0, 0.1) is 0 Å². The Bertz CT molecular complexity index is 159. The Kier molecular flexibility index (Phi) is 3.53. The van der Waals surface area contributed by atoms with Gasteiger partial charge >= 0.3 is 0 Å². The Labute approximate surface area is 73.4 Å². The van der Waals surface area contributed by atoms with Crippen molar-refractivity contribution in [2.24, 2.45) is 0 Å². The Morgan fingerprint density at radius 1 is 1.67 bits per heavy atom. The molecule has 1 heterocycles. The summed E-state index contributed by atoms with van der Waals surface area (Å²) in [5, 5.41) is 9.26. The highest BCUT2D eigenvalue weighted by Gasteiger charge is 2.25. The van der Waals surface area contributed by atoms with Crippen molar-refractivity contribution in [2.45, 2.75) is 38.7 Å². The van der Waals surface area contributed by atoms with Gasteiger partial charge in [-0.2, -0.15) is 0 Å². The largest absolute Gasteiger partial charge is 0.383 e. The van der Waals surface area contributed by atoms with Gasteiger partial charge in [-0.05, 0) is 19.3 Å². The summed E-state index contributed by atoms with van der Waals surface area (Å²) >= 11 is 0. The van der Waals surface area contributed by atoms with Crippen LogP contribution in [0.1, 0.15) is 32.6 Å². The monoisotopic (exact) mass is 171 g/mol. The lowest BCUT2D eigenvalue weighted by atomic mass is 10.1. The fourth-order valence-corrected chi connectivity index (χ4v) is 1.49. The van der Waals surface area contributed by atoms with Crippen LogP contribution in [0.2, 0.25) is 0 Å². The molecule has 1 rings (SSSR count). The van der Waals surface area contributed by atoms with Crippen molar-refractivity contribution in [3.63, 3.8) is 0 Å². The Morgan fingerprint density at radius 3 is 3.08 bits per heavy atom. The number of unbranched alkanes of at least 4 members (excludes halogenated alkanes) is 1. The van der Waals surface area contributed by atoms with Gasteiger partial charge in [-0.15, -0.1) is 0 Å². The lowest BCUT2D eigenvalue weighted by molar-refractivity contribution is -0.143. The maximum atomic E-state index is 11.3. The number of aliphatic hydroxyl groups is 1. The minimum Gasteiger partial charge on any atom is -0.383 e. The molecule has 0 spiro atoms. The van der Waals surface area contributed by atoms with Crippen molar-refractivity contribution in [2.75, 3.05) is 13.1 Å². The zero-order chi connectivity index (χ0) is 8.97. The number of hydrogen-bond acceptors (Lipinski definition) is 2. The van der Waals surface area contributed by atoms with Crippen LogP contribution in [0.5, 0.6) is 0 Å². The van der Waals surface area contributed by atoms with Crippen molar-refractivity contribution in [3.05, 3.63) is 0 Å². The maximum Gasteiger partial charge on any atom is 0.251 e. The van der Waals surface area contributed by atoms with E-state index in [9.17, 15) is 9.90 Å². The highest BCUT2D eigenvalue weighted by Crippen LogP contribution is 2.11. The molecule has 0 aromatic carbocycles. The molecule has 0 bridgehead atoms. The third-order valence-electron chi connectivity index (χ3n) is 2.28. The number of likely N-dealkylation sites (tertiary alicyclic amines) is 1. The van der Waals surface area contributed by atoms with Crippen LogP contribution in [-0.2, 0) is 4.79 Å². The summed E-state index contributed by atoms with van der Waals surface area (Å²) in [7, 11) is 0. The first-order chi connectivity index (χ1) is 5.75. The smallest absolute Gasteiger partial charge is 0.251 e. The molecule has 0 aliphatic carbocycles. The number of nitrogens with zero attached hydrogens (tertiary/aromatic N) is 1. The van der Waals surface area contributed by atoms with Crippen LogP contribution < -0.4 is 0 Å². The summed E-state index contributed by atoms with van der Waals surface area (Å²) in [6.07, 6.45) is 2.99. The van der Waals surface area contributed by atoms with E-state index in [4.69, 9.17) is 0 Å². The molecule has 3 heteroatoms. The summed E-state index contributed by atoms with van der Waals surface area (Å²) in [5.41, 5.74) is 0. The zero-order valence-electron chi connectivity index (χ0n) is 7.62. The number of piperidine rings is 1. The van der Waals surface area contributed by atoms with Crippen molar-refractivity contribution in [1.82, 2.24) is 4.90 Å². The van der Waals surface area contributed by atoms with Gasteiger partial charge in [-0.25, -0.2) is 0 Å². The number of rotatable bonds is 3. The number of amides is 1. The molecule has 1 amide bonds. The molecule has 0 aromatic heterocycles. The van der Waals surface area contributed by atoms with Gasteiger partial charge in [0.15, 0.2) is 0 Å². The predicted molar refractivity (Wildman–Crippen MR) is 46.7 cm³/mol. The van der Waals surface area contributed by atoms with Crippen LogP contribution in [0.25, 0.3) is 0 Å². The Balaban J connectivity index is 2.36. The first-order valence-corrected chi connectivity index (χ1v) is 4.72.